The van der Waals surface area contributed by atoms with Gasteiger partial charge in [-0.3, -0.25) is 0 Å². The summed E-state index contributed by atoms with van der Waals surface area (Å²) >= 11 is 0. The van der Waals surface area contributed by atoms with Gasteiger partial charge < -0.3 is 0 Å². The molecule has 0 bridgehead atoms. The highest BCUT2D eigenvalue weighted by molar-refractivity contribution is 7.27. The number of rotatable bonds is 8. The van der Waals surface area contributed by atoms with E-state index < -0.39 is 16.1 Å². The summed E-state index contributed by atoms with van der Waals surface area (Å²) in [7, 11) is -5.64. The minimum atomic E-state index is -2.82. The van der Waals surface area contributed by atoms with E-state index in [2.05, 4.69) is 206 Å². The highest BCUT2D eigenvalue weighted by Crippen LogP contribution is 2.14. The van der Waals surface area contributed by atoms with E-state index in [1.54, 1.807) is 0 Å². The second kappa shape index (κ2) is 12.3. The molecule has 2 heteroatoms. The molecular weight excluding hydrogens is 561 g/mol. The molecule has 0 amide bonds. The van der Waals surface area contributed by atoms with Crippen LogP contribution in [0.3, 0.4) is 0 Å². The molecule has 0 aliphatic carbocycles. The largest absolute Gasteiger partial charge is 0.179 e. The first kappa shape index (κ1) is 27.8. The molecule has 0 fully saturated rings. The van der Waals surface area contributed by atoms with Crippen molar-refractivity contribution in [3.63, 3.8) is 0 Å². The maximum Gasteiger partial charge on any atom is 0.179 e. The van der Waals surface area contributed by atoms with Gasteiger partial charge in [0.2, 0.25) is 0 Å². The first-order valence-corrected chi connectivity index (χ1v) is 19.3. The second-order valence-electron chi connectivity index (χ2n) is 11.2. The van der Waals surface area contributed by atoms with Crippen LogP contribution >= 0.6 is 0 Å². The Kier molecular flexibility index (Phi) is 7.77. The molecule has 0 aliphatic heterocycles. The van der Waals surface area contributed by atoms with Crippen molar-refractivity contribution in [3.05, 3.63) is 206 Å². The Bertz CT molecular complexity index is 1580. The number of benzene rings is 7. The summed E-state index contributed by atoms with van der Waals surface area (Å²) < 4.78 is 0. The van der Waals surface area contributed by atoms with Gasteiger partial charge in [0.1, 0.15) is 0 Å². The summed E-state index contributed by atoms with van der Waals surface area (Å²) in [5, 5.41) is 11.2. The Balaban J connectivity index is 1.71. The summed E-state index contributed by atoms with van der Waals surface area (Å²) in [5.74, 6) is 0. The highest BCUT2D eigenvalue weighted by Gasteiger charge is 2.49. The van der Waals surface area contributed by atoms with Crippen molar-refractivity contribution in [3.8, 4) is 0 Å². The summed E-state index contributed by atoms with van der Waals surface area (Å²) in [4.78, 5) is 0. The lowest BCUT2D eigenvalue weighted by Crippen LogP contribution is -2.84. The zero-order chi connectivity index (χ0) is 29.7. The van der Waals surface area contributed by atoms with Crippen LogP contribution in [0.4, 0.5) is 0 Å². The van der Waals surface area contributed by atoms with E-state index >= 15 is 0 Å². The van der Waals surface area contributed by atoms with Crippen molar-refractivity contribution in [2.75, 3.05) is 0 Å². The van der Waals surface area contributed by atoms with Crippen LogP contribution in [0.1, 0.15) is 0 Å². The number of hydrogen-bond donors (Lipinski definition) is 0. The van der Waals surface area contributed by atoms with E-state index in [1.807, 2.05) is 0 Å². The van der Waals surface area contributed by atoms with Gasteiger partial charge in [-0.05, 0) is 41.5 Å². The third-order valence-electron chi connectivity index (χ3n) is 8.98. The van der Waals surface area contributed by atoms with Gasteiger partial charge in [0.15, 0.2) is 16.1 Å². The van der Waals surface area contributed by atoms with E-state index in [0.717, 1.165) is 0 Å². The third-order valence-corrected chi connectivity index (χ3v) is 18.9. The highest BCUT2D eigenvalue weighted by atomic mass is 28.3. The lowest BCUT2D eigenvalue weighted by atomic mass is 10.3. The van der Waals surface area contributed by atoms with Crippen molar-refractivity contribution in [1.82, 2.24) is 0 Å². The molecule has 0 unspecified atom stereocenters. The fourth-order valence-electron chi connectivity index (χ4n) is 7.20. The van der Waals surface area contributed by atoms with Gasteiger partial charge in [0, 0.05) is 0 Å². The van der Waals surface area contributed by atoms with Crippen LogP contribution in [-0.2, 0) is 0 Å². The van der Waals surface area contributed by atoms with E-state index in [0.29, 0.717) is 0 Å². The predicted octanol–water partition coefficient (Wildman–Crippen LogP) is 4.44. The molecule has 44 heavy (non-hydrogen) atoms. The molecule has 0 radical (unpaired) electrons. The Morgan fingerprint density at radius 1 is 0.182 bits per heavy atom. The van der Waals surface area contributed by atoms with E-state index in [-0.39, 0.29) is 0 Å². The Morgan fingerprint density at radius 2 is 0.341 bits per heavy atom. The van der Waals surface area contributed by atoms with Gasteiger partial charge in [-0.25, -0.2) is 0 Å². The molecule has 0 saturated carbocycles. The summed E-state index contributed by atoms with van der Waals surface area (Å²) in [6.07, 6.45) is 0. The van der Waals surface area contributed by atoms with E-state index in [4.69, 9.17) is 0 Å². The molecule has 0 nitrogen and oxygen atoms in total. The summed E-state index contributed by atoms with van der Waals surface area (Å²) in [5.41, 5.74) is 0. The van der Waals surface area contributed by atoms with Crippen LogP contribution in [0.15, 0.2) is 206 Å². The second-order valence-corrected chi connectivity index (χ2v) is 18.8. The zero-order valence-corrected chi connectivity index (χ0v) is 26.6. The van der Waals surface area contributed by atoms with Crippen LogP contribution in [-0.4, -0.2) is 16.1 Å². The molecule has 210 valence electrons. The lowest BCUT2D eigenvalue weighted by molar-refractivity contribution is 1.65. The van der Waals surface area contributed by atoms with Gasteiger partial charge in [0.25, 0.3) is 0 Å². The van der Waals surface area contributed by atoms with Gasteiger partial charge in [-0.15, -0.1) is 0 Å². The minimum absolute atomic E-state index is 1.39. The monoisotopic (exact) mass is 594 g/mol. The van der Waals surface area contributed by atoms with Crippen LogP contribution < -0.4 is 41.5 Å². The van der Waals surface area contributed by atoms with Crippen LogP contribution in [0.25, 0.3) is 0 Å². The molecule has 0 saturated heterocycles. The van der Waals surface area contributed by atoms with Crippen molar-refractivity contribution < 1.29 is 0 Å². The van der Waals surface area contributed by atoms with E-state index in [9.17, 15) is 0 Å². The normalized spacial score (nSPS) is 11.6. The molecule has 0 aliphatic rings. The van der Waals surface area contributed by atoms with Gasteiger partial charge in [-0.1, -0.05) is 206 Å². The topological polar surface area (TPSA) is 0 Å². The predicted molar refractivity (Wildman–Crippen MR) is 194 cm³/mol. The number of hydrogen-bond acceptors (Lipinski definition) is 0. The molecule has 0 atom stereocenters. The average Bonchev–Trinajstić information content (AvgIpc) is 3.12. The zero-order valence-electron chi connectivity index (χ0n) is 24.6. The SMILES string of the molecule is c1ccc([Si](c2ccccc2)(c2ccccc2)c2ccccc2[Si](c2ccccc2)(c2ccccc2)c2ccccc2)cc1. The van der Waals surface area contributed by atoms with Crippen molar-refractivity contribution in [1.29, 1.82) is 0 Å². The molecule has 0 aromatic heterocycles. The summed E-state index contributed by atoms with van der Waals surface area (Å²) in [6, 6.07) is 77.1. The molecular formula is C42H34Si2. The maximum atomic E-state index is 2.45. The summed E-state index contributed by atoms with van der Waals surface area (Å²) in [6.45, 7) is 0. The first-order valence-electron chi connectivity index (χ1n) is 15.3. The van der Waals surface area contributed by atoms with Crippen LogP contribution in [0.5, 0.6) is 0 Å². The average molecular weight is 595 g/mol. The molecule has 0 spiro atoms. The third kappa shape index (κ3) is 4.60. The van der Waals surface area contributed by atoms with Crippen molar-refractivity contribution >= 4 is 57.6 Å². The van der Waals surface area contributed by atoms with Crippen LogP contribution in [0, 0.1) is 0 Å². The minimum Gasteiger partial charge on any atom is -0.0624 e. The fourth-order valence-corrected chi connectivity index (χ4v) is 18.0. The lowest BCUT2D eigenvalue weighted by Gasteiger charge is -2.41. The molecule has 0 heterocycles. The smallest absolute Gasteiger partial charge is 0.0624 e. The molecule has 7 rings (SSSR count). The Morgan fingerprint density at radius 3 is 0.523 bits per heavy atom. The quantitative estimate of drug-likeness (QED) is 0.180. The molecule has 7 aromatic carbocycles. The van der Waals surface area contributed by atoms with Gasteiger partial charge in [-0.2, -0.15) is 0 Å². The fraction of sp³-hybridized carbons (Fsp3) is 0. The van der Waals surface area contributed by atoms with Crippen LogP contribution in [0.2, 0.25) is 0 Å². The molecule has 7 aromatic rings. The van der Waals surface area contributed by atoms with E-state index in [1.165, 1.54) is 41.5 Å². The van der Waals surface area contributed by atoms with Crippen molar-refractivity contribution in [2.24, 2.45) is 0 Å². The van der Waals surface area contributed by atoms with Crippen molar-refractivity contribution in [2.45, 2.75) is 0 Å². The Hall–Kier alpha value is -5.03. The van der Waals surface area contributed by atoms with Gasteiger partial charge >= 0.3 is 0 Å². The standard InChI is InChI=1S/C42H34Si2/c1-7-21-35(22-8-1)43(36-23-9-2-10-24-36,37-25-11-3-12-26-37)41-33-19-20-34-42(41)44(38-27-13-4-14-28-38,39-29-15-5-16-30-39)40-31-17-6-18-32-40/h1-34H. The maximum absolute atomic E-state index is 2.82. The Labute approximate surface area is 263 Å². The van der Waals surface area contributed by atoms with Gasteiger partial charge in [0.05, 0.1) is 0 Å². The first-order chi connectivity index (χ1) is 21.9. The molecule has 0 N–H and O–H groups in total.